The highest BCUT2D eigenvalue weighted by Gasteiger charge is 2.33. The molecule has 2 saturated carbocycles. The van der Waals surface area contributed by atoms with E-state index in [9.17, 15) is 5.11 Å². The third kappa shape index (κ3) is 3.21. The molecule has 2 nitrogen and oxygen atoms in total. The molecule has 3 atom stereocenters. The van der Waals surface area contributed by atoms with E-state index < -0.39 is 0 Å². The first-order chi connectivity index (χ1) is 7.70. The van der Waals surface area contributed by atoms with Gasteiger partial charge in [-0.2, -0.15) is 0 Å². The first kappa shape index (κ1) is 12.4. The zero-order valence-electron chi connectivity index (χ0n) is 10.9. The summed E-state index contributed by atoms with van der Waals surface area (Å²) in [6, 6.07) is 0.436. The zero-order valence-corrected chi connectivity index (χ0v) is 10.9. The number of aliphatic hydroxyl groups is 1. The molecule has 2 aliphatic carbocycles. The van der Waals surface area contributed by atoms with Crippen LogP contribution >= 0.6 is 0 Å². The van der Waals surface area contributed by atoms with Gasteiger partial charge in [0.05, 0.1) is 6.10 Å². The van der Waals surface area contributed by atoms with E-state index in [1.165, 1.54) is 45.1 Å². The summed E-state index contributed by atoms with van der Waals surface area (Å²) in [5.74, 6) is 1.80. The van der Waals surface area contributed by atoms with Gasteiger partial charge in [0.2, 0.25) is 0 Å². The second-order valence-corrected chi connectivity index (χ2v) is 5.99. The lowest BCUT2D eigenvalue weighted by Crippen LogP contribution is -2.46. The topological polar surface area (TPSA) is 23.5 Å². The summed E-state index contributed by atoms with van der Waals surface area (Å²) < 4.78 is 0. The van der Waals surface area contributed by atoms with Crippen LogP contribution in [0.25, 0.3) is 0 Å². The molecule has 2 rings (SSSR count). The average Bonchev–Trinajstić information content (AvgIpc) is 3.05. The minimum Gasteiger partial charge on any atom is -0.391 e. The summed E-state index contributed by atoms with van der Waals surface area (Å²) in [7, 11) is 2.21. The maximum Gasteiger partial charge on any atom is 0.0695 e. The van der Waals surface area contributed by atoms with Gasteiger partial charge in [0, 0.05) is 12.6 Å². The standard InChI is InChI=1S/C14H27NO/c1-3-4-11-7-8-14(16)13(9-11)15(2)10-12-5-6-12/h11-14,16H,3-10H2,1-2H3. The van der Waals surface area contributed by atoms with Crippen LogP contribution in [0.3, 0.4) is 0 Å². The lowest BCUT2D eigenvalue weighted by molar-refractivity contribution is 0.0111. The van der Waals surface area contributed by atoms with Gasteiger partial charge in [-0.25, -0.2) is 0 Å². The Labute approximate surface area is 100 Å². The fourth-order valence-electron chi connectivity index (χ4n) is 3.20. The number of hydrogen-bond donors (Lipinski definition) is 1. The number of nitrogens with zero attached hydrogens (tertiary/aromatic N) is 1. The van der Waals surface area contributed by atoms with E-state index in [1.807, 2.05) is 0 Å². The average molecular weight is 225 g/mol. The van der Waals surface area contributed by atoms with Gasteiger partial charge >= 0.3 is 0 Å². The SMILES string of the molecule is CCCC1CCC(O)C(N(C)CC2CC2)C1. The molecule has 0 spiro atoms. The molecule has 16 heavy (non-hydrogen) atoms. The van der Waals surface area contributed by atoms with Crippen LogP contribution in [0.4, 0.5) is 0 Å². The van der Waals surface area contributed by atoms with Crippen LogP contribution in [0.15, 0.2) is 0 Å². The molecular formula is C14H27NO. The van der Waals surface area contributed by atoms with Gasteiger partial charge in [-0.05, 0) is 51.0 Å². The van der Waals surface area contributed by atoms with Crippen molar-refractivity contribution in [3.63, 3.8) is 0 Å². The van der Waals surface area contributed by atoms with Crippen molar-refractivity contribution in [3.8, 4) is 0 Å². The van der Waals surface area contributed by atoms with Crippen molar-refractivity contribution in [1.82, 2.24) is 4.90 Å². The molecule has 3 unspecified atom stereocenters. The fraction of sp³-hybridized carbons (Fsp3) is 1.00. The first-order valence-electron chi connectivity index (χ1n) is 7.09. The van der Waals surface area contributed by atoms with Gasteiger partial charge < -0.3 is 10.0 Å². The van der Waals surface area contributed by atoms with Gasteiger partial charge in [-0.3, -0.25) is 0 Å². The number of rotatable bonds is 5. The van der Waals surface area contributed by atoms with Gasteiger partial charge in [0.25, 0.3) is 0 Å². The van der Waals surface area contributed by atoms with Crippen LogP contribution in [-0.2, 0) is 0 Å². The Morgan fingerprint density at radius 1 is 1.12 bits per heavy atom. The summed E-state index contributed by atoms with van der Waals surface area (Å²) in [5, 5.41) is 10.1. The highest BCUT2D eigenvalue weighted by atomic mass is 16.3. The van der Waals surface area contributed by atoms with Gasteiger partial charge in [-0.1, -0.05) is 19.8 Å². The van der Waals surface area contributed by atoms with Gasteiger partial charge in [0.1, 0.15) is 0 Å². The molecule has 94 valence electrons. The van der Waals surface area contributed by atoms with Gasteiger partial charge in [-0.15, -0.1) is 0 Å². The van der Waals surface area contributed by atoms with Crippen molar-refractivity contribution in [2.45, 2.75) is 64.0 Å². The zero-order chi connectivity index (χ0) is 11.5. The third-order valence-electron chi connectivity index (χ3n) is 4.40. The predicted molar refractivity (Wildman–Crippen MR) is 67.4 cm³/mol. The first-order valence-corrected chi connectivity index (χ1v) is 7.09. The van der Waals surface area contributed by atoms with E-state index in [2.05, 4.69) is 18.9 Å². The van der Waals surface area contributed by atoms with Gasteiger partial charge in [0.15, 0.2) is 0 Å². The molecule has 0 aliphatic heterocycles. The van der Waals surface area contributed by atoms with E-state index >= 15 is 0 Å². The maximum atomic E-state index is 10.1. The van der Waals surface area contributed by atoms with Crippen molar-refractivity contribution >= 4 is 0 Å². The number of hydrogen-bond acceptors (Lipinski definition) is 2. The van der Waals surface area contributed by atoms with Crippen molar-refractivity contribution in [2.24, 2.45) is 11.8 Å². The van der Waals surface area contributed by atoms with E-state index in [1.54, 1.807) is 0 Å². The Kier molecular flexibility index (Phi) is 4.26. The highest BCUT2D eigenvalue weighted by molar-refractivity contribution is 4.88. The maximum absolute atomic E-state index is 10.1. The molecule has 0 aromatic rings. The summed E-state index contributed by atoms with van der Waals surface area (Å²) >= 11 is 0. The molecular weight excluding hydrogens is 198 g/mol. The van der Waals surface area contributed by atoms with Crippen LogP contribution in [-0.4, -0.2) is 35.7 Å². The molecule has 0 radical (unpaired) electrons. The Hall–Kier alpha value is -0.0800. The summed E-state index contributed by atoms with van der Waals surface area (Å²) in [6.45, 7) is 3.48. The predicted octanol–water partition coefficient (Wildman–Crippen LogP) is 2.66. The molecule has 0 aromatic heterocycles. The molecule has 2 heteroatoms. The lowest BCUT2D eigenvalue weighted by Gasteiger charge is -2.39. The van der Waals surface area contributed by atoms with E-state index in [0.29, 0.717) is 6.04 Å². The molecule has 2 aliphatic rings. The summed E-state index contributed by atoms with van der Waals surface area (Å²) in [4.78, 5) is 2.43. The van der Waals surface area contributed by atoms with Crippen LogP contribution in [0, 0.1) is 11.8 Å². The van der Waals surface area contributed by atoms with E-state index in [-0.39, 0.29) is 6.10 Å². The largest absolute Gasteiger partial charge is 0.391 e. The molecule has 0 saturated heterocycles. The van der Waals surface area contributed by atoms with Crippen LogP contribution in [0.1, 0.15) is 51.9 Å². The van der Waals surface area contributed by atoms with Crippen molar-refractivity contribution < 1.29 is 5.11 Å². The van der Waals surface area contributed by atoms with E-state index in [4.69, 9.17) is 0 Å². The molecule has 0 bridgehead atoms. The second-order valence-electron chi connectivity index (χ2n) is 5.99. The Morgan fingerprint density at radius 2 is 1.81 bits per heavy atom. The Balaban J connectivity index is 1.83. The quantitative estimate of drug-likeness (QED) is 0.777. The van der Waals surface area contributed by atoms with Crippen molar-refractivity contribution in [1.29, 1.82) is 0 Å². The number of aliphatic hydroxyl groups excluding tert-OH is 1. The smallest absolute Gasteiger partial charge is 0.0695 e. The number of likely N-dealkylation sites (N-methyl/N-ethyl adjacent to an activating group) is 1. The highest BCUT2D eigenvalue weighted by Crippen LogP contribution is 2.34. The lowest BCUT2D eigenvalue weighted by atomic mass is 9.81. The summed E-state index contributed by atoms with van der Waals surface area (Å²) in [6.07, 6.45) is 8.86. The minimum absolute atomic E-state index is 0.0724. The normalized spacial score (nSPS) is 35.6. The molecule has 0 heterocycles. The van der Waals surface area contributed by atoms with E-state index in [0.717, 1.165) is 18.3 Å². The van der Waals surface area contributed by atoms with Crippen molar-refractivity contribution in [2.75, 3.05) is 13.6 Å². The second kappa shape index (κ2) is 5.50. The van der Waals surface area contributed by atoms with Crippen LogP contribution in [0.5, 0.6) is 0 Å². The third-order valence-corrected chi connectivity index (χ3v) is 4.40. The molecule has 1 N–H and O–H groups in total. The Morgan fingerprint density at radius 3 is 2.44 bits per heavy atom. The van der Waals surface area contributed by atoms with Crippen LogP contribution < -0.4 is 0 Å². The molecule has 0 aromatic carbocycles. The molecule has 0 amide bonds. The Bertz CT molecular complexity index is 215. The summed E-state index contributed by atoms with van der Waals surface area (Å²) in [5.41, 5.74) is 0. The monoisotopic (exact) mass is 225 g/mol. The fourth-order valence-corrected chi connectivity index (χ4v) is 3.20. The van der Waals surface area contributed by atoms with Crippen LogP contribution in [0.2, 0.25) is 0 Å². The minimum atomic E-state index is -0.0724. The molecule has 2 fully saturated rings. The van der Waals surface area contributed by atoms with Crippen molar-refractivity contribution in [3.05, 3.63) is 0 Å².